The Bertz CT molecular complexity index is 1550. The standard InChI is InChI=1S/C28H37N9O3/c1-3-36-19-8-5-4-7-18(19)32-21(36)9-6-10-22(38)35-13-11-28(12-14-35)15-20(27(2,39)16-40-28)37-17-31-23-24(29)33-26(30)34-25(23)37/h4-5,7-8,17,20,39H,3,6,9-16H2,1-2H3,(H4,29,30,33,34)/t20-,27-/m0/s1. The molecule has 2 saturated heterocycles. The highest BCUT2D eigenvalue weighted by Gasteiger charge is 2.50. The average Bonchev–Trinajstić information content (AvgIpc) is 3.51. The van der Waals surface area contributed by atoms with Crippen LogP contribution in [-0.4, -0.2) is 75.9 Å². The number of anilines is 2. The molecule has 2 atom stereocenters. The number of nitrogen functional groups attached to an aromatic ring is 2. The van der Waals surface area contributed by atoms with Gasteiger partial charge in [-0.3, -0.25) is 4.79 Å². The van der Waals surface area contributed by atoms with Crippen molar-refractivity contribution in [3.8, 4) is 0 Å². The van der Waals surface area contributed by atoms with E-state index >= 15 is 0 Å². The van der Waals surface area contributed by atoms with Crippen LogP contribution >= 0.6 is 0 Å². The van der Waals surface area contributed by atoms with Crippen molar-refractivity contribution < 1.29 is 14.6 Å². The molecule has 0 saturated carbocycles. The number of para-hydroxylation sites is 2. The summed E-state index contributed by atoms with van der Waals surface area (Å²) in [5.41, 5.74) is 13.4. The van der Waals surface area contributed by atoms with Gasteiger partial charge in [0.15, 0.2) is 11.5 Å². The molecule has 6 rings (SSSR count). The van der Waals surface area contributed by atoms with Crippen molar-refractivity contribution in [2.24, 2.45) is 0 Å². The van der Waals surface area contributed by atoms with E-state index in [-0.39, 0.29) is 30.3 Å². The van der Waals surface area contributed by atoms with Crippen LogP contribution in [0.5, 0.6) is 0 Å². The van der Waals surface area contributed by atoms with Crippen molar-refractivity contribution in [1.82, 2.24) is 34.0 Å². The second kappa shape index (κ2) is 10.0. The predicted molar refractivity (Wildman–Crippen MR) is 151 cm³/mol. The fourth-order valence-electron chi connectivity index (χ4n) is 6.35. The van der Waals surface area contributed by atoms with Crippen molar-refractivity contribution >= 4 is 39.9 Å². The molecular formula is C28H37N9O3. The summed E-state index contributed by atoms with van der Waals surface area (Å²) in [4.78, 5) is 32.6. The van der Waals surface area contributed by atoms with Crippen molar-refractivity contribution in [2.45, 2.75) is 76.2 Å². The number of imidazole rings is 2. The van der Waals surface area contributed by atoms with Crippen LogP contribution in [0.4, 0.5) is 11.8 Å². The number of aromatic nitrogens is 6. The largest absolute Gasteiger partial charge is 0.386 e. The number of piperidine rings is 1. The molecule has 40 heavy (non-hydrogen) atoms. The normalized spacial score (nSPS) is 22.9. The number of rotatable bonds is 6. The minimum atomic E-state index is -1.14. The van der Waals surface area contributed by atoms with Crippen molar-refractivity contribution in [2.75, 3.05) is 31.2 Å². The van der Waals surface area contributed by atoms with Gasteiger partial charge in [-0.1, -0.05) is 12.1 Å². The number of nitrogens with two attached hydrogens (primary N) is 2. The second-order valence-corrected chi connectivity index (χ2v) is 11.3. The first-order valence-corrected chi connectivity index (χ1v) is 14.0. The lowest BCUT2D eigenvalue weighted by molar-refractivity contribution is -0.201. The maximum atomic E-state index is 13.1. The van der Waals surface area contributed by atoms with Gasteiger partial charge in [-0.15, -0.1) is 0 Å². The highest BCUT2D eigenvalue weighted by Crippen LogP contribution is 2.44. The number of carbonyl (C=O) groups excluding carboxylic acids is 1. The fraction of sp³-hybridized carbons (Fsp3) is 0.536. The molecule has 2 aliphatic heterocycles. The summed E-state index contributed by atoms with van der Waals surface area (Å²) in [6.07, 6.45) is 5.60. The van der Waals surface area contributed by atoms with Crippen LogP contribution in [0.15, 0.2) is 30.6 Å². The number of hydrogen-bond donors (Lipinski definition) is 3. The molecule has 2 fully saturated rings. The Kier molecular flexibility index (Phi) is 6.62. The lowest BCUT2D eigenvalue weighted by Gasteiger charge is -2.51. The van der Waals surface area contributed by atoms with Gasteiger partial charge < -0.3 is 35.3 Å². The van der Waals surface area contributed by atoms with Crippen LogP contribution in [0, 0.1) is 0 Å². The summed E-state index contributed by atoms with van der Waals surface area (Å²) in [5.74, 6) is 1.47. The number of fused-ring (bicyclic) bond motifs is 2. The highest BCUT2D eigenvalue weighted by molar-refractivity contribution is 5.82. The van der Waals surface area contributed by atoms with E-state index in [1.54, 1.807) is 13.3 Å². The molecule has 2 aliphatic rings. The minimum absolute atomic E-state index is 0.0620. The Morgan fingerprint density at radius 1 is 1.18 bits per heavy atom. The topological polar surface area (TPSA) is 163 Å². The number of carbonyl (C=O) groups is 1. The molecule has 1 amide bonds. The Balaban J connectivity index is 1.09. The number of benzene rings is 1. The van der Waals surface area contributed by atoms with E-state index in [0.29, 0.717) is 49.9 Å². The number of amides is 1. The quantitative estimate of drug-likeness (QED) is 0.329. The molecule has 212 valence electrons. The van der Waals surface area contributed by atoms with E-state index in [2.05, 4.69) is 32.5 Å². The van der Waals surface area contributed by atoms with Crippen LogP contribution in [0.3, 0.4) is 0 Å². The summed E-state index contributed by atoms with van der Waals surface area (Å²) in [7, 11) is 0. The molecule has 12 nitrogen and oxygen atoms in total. The van der Waals surface area contributed by atoms with E-state index in [0.717, 1.165) is 36.2 Å². The van der Waals surface area contributed by atoms with Crippen LogP contribution in [0.2, 0.25) is 0 Å². The van der Waals surface area contributed by atoms with Crippen molar-refractivity contribution in [3.63, 3.8) is 0 Å². The number of hydrogen-bond acceptors (Lipinski definition) is 9. The molecule has 5 N–H and O–H groups in total. The molecule has 4 aromatic rings. The Labute approximate surface area is 232 Å². The van der Waals surface area contributed by atoms with E-state index < -0.39 is 11.2 Å². The lowest BCUT2D eigenvalue weighted by Crippen LogP contribution is -2.57. The number of ether oxygens (including phenoxy) is 1. The fourth-order valence-corrected chi connectivity index (χ4v) is 6.35. The molecule has 0 unspecified atom stereocenters. The zero-order valence-corrected chi connectivity index (χ0v) is 23.1. The molecule has 3 aromatic heterocycles. The molecular weight excluding hydrogens is 510 g/mol. The Hall–Kier alpha value is -3.77. The number of aryl methyl sites for hydroxylation is 2. The summed E-state index contributed by atoms with van der Waals surface area (Å²) >= 11 is 0. The van der Waals surface area contributed by atoms with E-state index in [4.69, 9.17) is 21.2 Å². The molecule has 0 bridgehead atoms. The Morgan fingerprint density at radius 3 is 2.73 bits per heavy atom. The van der Waals surface area contributed by atoms with Crippen LogP contribution < -0.4 is 11.5 Å². The summed E-state index contributed by atoms with van der Waals surface area (Å²) in [6, 6.07) is 7.81. The first-order chi connectivity index (χ1) is 19.2. The molecule has 0 radical (unpaired) electrons. The van der Waals surface area contributed by atoms with Crippen LogP contribution in [0.25, 0.3) is 22.2 Å². The maximum Gasteiger partial charge on any atom is 0.224 e. The molecule has 1 aromatic carbocycles. The number of likely N-dealkylation sites (tertiary alicyclic amines) is 1. The Morgan fingerprint density at radius 2 is 1.95 bits per heavy atom. The SMILES string of the molecule is CCn1c(CCCC(=O)N2CCC3(CC2)C[C@H](n2cnc4c(N)nc(N)nc42)[C@@](C)(O)CO3)nc2ccccc21. The van der Waals surface area contributed by atoms with Gasteiger partial charge in [0.2, 0.25) is 11.9 Å². The number of nitrogens with zero attached hydrogens (tertiary/aromatic N) is 7. The van der Waals surface area contributed by atoms with Crippen molar-refractivity contribution in [3.05, 3.63) is 36.4 Å². The smallest absolute Gasteiger partial charge is 0.224 e. The summed E-state index contributed by atoms with van der Waals surface area (Å²) in [6.45, 7) is 6.14. The predicted octanol–water partition coefficient (Wildman–Crippen LogP) is 2.46. The third-order valence-electron chi connectivity index (χ3n) is 8.62. The van der Waals surface area contributed by atoms with Gasteiger partial charge in [0.1, 0.15) is 16.9 Å². The van der Waals surface area contributed by atoms with Gasteiger partial charge in [-0.2, -0.15) is 9.97 Å². The zero-order chi connectivity index (χ0) is 28.1. The highest BCUT2D eigenvalue weighted by atomic mass is 16.5. The monoisotopic (exact) mass is 547 g/mol. The van der Waals surface area contributed by atoms with Gasteiger partial charge in [-0.25, -0.2) is 9.97 Å². The van der Waals surface area contributed by atoms with Crippen LogP contribution in [-0.2, 0) is 22.5 Å². The minimum Gasteiger partial charge on any atom is -0.386 e. The van der Waals surface area contributed by atoms with Gasteiger partial charge in [-0.05, 0) is 45.2 Å². The summed E-state index contributed by atoms with van der Waals surface area (Å²) < 4.78 is 10.4. The number of aliphatic hydroxyl groups is 1. The van der Waals surface area contributed by atoms with Gasteiger partial charge in [0.05, 0.1) is 35.6 Å². The molecule has 12 heteroatoms. The lowest BCUT2D eigenvalue weighted by atomic mass is 9.77. The van der Waals surface area contributed by atoms with E-state index in [1.165, 1.54) is 0 Å². The maximum absolute atomic E-state index is 13.1. The van der Waals surface area contributed by atoms with E-state index in [1.807, 2.05) is 27.7 Å². The zero-order valence-electron chi connectivity index (χ0n) is 23.1. The average molecular weight is 548 g/mol. The molecule has 0 aliphatic carbocycles. The van der Waals surface area contributed by atoms with Crippen molar-refractivity contribution in [1.29, 1.82) is 0 Å². The molecule has 5 heterocycles. The summed E-state index contributed by atoms with van der Waals surface area (Å²) in [5, 5.41) is 11.3. The first kappa shape index (κ1) is 26.5. The second-order valence-electron chi connectivity index (χ2n) is 11.3. The third kappa shape index (κ3) is 4.64. The van der Waals surface area contributed by atoms with Gasteiger partial charge in [0, 0.05) is 38.9 Å². The van der Waals surface area contributed by atoms with E-state index in [9.17, 15) is 9.90 Å². The van der Waals surface area contributed by atoms with Gasteiger partial charge in [0.25, 0.3) is 0 Å². The molecule has 1 spiro atoms. The first-order valence-electron chi connectivity index (χ1n) is 14.0. The van der Waals surface area contributed by atoms with Gasteiger partial charge >= 0.3 is 0 Å². The third-order valence-corrected chi connectivity index (χ3v) is 8.62. The van der Waals surface area contributed by atoms with Crippen LogP contribution in [0.1, 0.15) is 57.8 Å².